The highest BCUT2D eigenvalue weighted by Gasteiger charge is 2.16. The van der Waals surface area contributed by atoms with E-state index in [2.05, 4.69) is 15.6 Å². The van der Waals surface area contributed by atoms with Crippen LogP contribution >= 0.6 is 11.3 Å². The van der Waals surface area contributed by atoms with Crippen LogP contribution in [0.4, 0.5) is 10.5 Å². The molecule has 146 valence electrons. The number of amides is 2. The zero-order chi connectivity index (χ0) is 20.0. The predicted molar refractivity (Wildman–Crippen MR) is 108 cm³/mol. The van der Waals surface area contributed by atoms with Crippen molar-refractivity contribution >= 4 is 29.0 Å². The Hall–Kier alpha value is -2.61. The number of anilines is 1. The molecule has 1 aromatic carbocycles. The van der Waals surface area contributed by atoms with Crippen LogP contribution < -0.4 is 15.5 Å². The summed E-state index contributed by atoms with van der Waals surface area (Å²) < 4.78 is 5.13. The number of carbonyl (C=O) groups excluding carboxylic acids is 2. The Labute approximate surface area is 163 Å². The Kier molecular flexibility index (Phi) is 6.79. The molecule has 8 heteroatoms. The first-order valence-electron chi connectivity index (χ1n) is 8.64. The summed E-state index contributed by atoms with van der Waals surface area (Å²) in [7, 11) is 3.95. The van der Waals surface area contributed by atoms with Gasteiger partial charge in [-0.15, -0.1) is 11.3 Å². The molecule has 0 aliphatic carbocycles. The van der Waals surface area contributed by atoms with Crippen LogP contribution in [-0.2, 0) is 4.74 Å². The van der Waals surface area contributed by atoms with Crippen molar-refractivity contribution in [1.82, 2.24) is 15.6 Å². The molecule has 0 saturated carbocycles. The van der Waals surface area contributed by atoms with Crippen LogP contribution in [0.2, 0.25) is 0 Å². The van der Waals surface area contributed by atoms with Gasteiger partial charge in [0.25, 0.3) is 5.91 Å². The van der Waals surface area contributed by atoms with Crippen LogP contribution in [0.3, 0.4) is 0 Å². The van der Waals surface area contributed by atoms with Gasteiger partial charge in [0.15, 0.2) is 5.01 Å². The van der Waals surface area contributed by atoms with Crippen LogP contribution in [0.5, 0.6) is 0 Å². The first kappa shape index (κ1) is 20.7. The molecule has 0 radical (unpaired) electrons. The lowest BCUT2D eigenvalue weighted by Crippen LogP contribution is -2.37. The molecule has 2 N–H and O–H groups in total. The lowest BCUT2D eigenvalue weighted by atomic mass is 10.1. The zero-order valence-corrected chi connectivity index (χ0v) is 17.1. The Bertz CT molecular complexity index is 796. The number of alkyl carbamates (subject to hydrolysis) is 1. The van der Waals surface area contributed by atoms with E-state index in [0.29, 0.717) is 11.6 Å². The molecule has 1 heterocycles. The number of hydrogen-bond acceptors (Lipinski definition) is 6. The molecule has 0 unspecified atom stereocenters. The van der Waals surface area contributed by atoms with Crippen molar-refractivity contribution in [3.63, 3.8) is 0 Å². The summed E-state index contributed by atoms with van der Waals surface area (Å²) in [5, 5.41) is 7.59. The molecular formula is C19H26N4O3S. The highest BCUT2D eigenvalue weighted by molar-refractivity contribution is 7.12. The van der Waals surface area contributed by atoms with Gasteiger partial charge in [0.1, 0.15) is 5.60 Å². The second-order valence-corrected chi connectivity index (χ2v) is 8.03. The average Bonchev–Trinajstić information content (AvgIpc) is 3.07. The van der Waals surface area contributed by atoms with Gasteiger partial charge in [0.2, 0.25) is 0 Å². The van der Waals surface area contributed by atoms with Crippen molar-refractivity contribution in [2.24, 2.45) is 0 Å². The van der Waals surface area contributed by atoms with Gasteiger partial charge in [-0.05, 0) is 32.9 Å². The number of ether oxygens (including phenoxy) is 1. The monoisotopic (exact) mass is 390 g/mol. The van der Waals surface area contributed by atoms with Gasteiger partial charge < -0.3 is 20.3 Å². The largest absolute Gasteiger partial charge is 0.444 e. The Balaban J connectivity index is 1.86. The zero-order valence-electron chi connectivity index (χ0n) is 16.3. The van der Waals surface area contributed by atoms with E-state index in [-0.39, 0.29) is 12.5 Å². The van der Waals surface area contributed by atoms with Crippen molar-refractivity contribution < 1.29 is 14.3 Å². The topological polar surface area (TPSA) is 83.6 Å². The van der Waals surface area contributed by atoms with Crippen molar-refractivity contribution in [3.05, 3.63) is 34.7 Å². The maximum absolute atomic E-state index is 12.2. The maximum atomic E-state index is 12.2. The SMILES string of the molecule is CN(C)c1cccc(-c2csc(C(=O)NCCNC(=O)OC(C)(C)C)n2)c1. The van der Waals surface area contributed by atoms with E-state index < -0.39 is 11.7 Å². The summed E-state index contributed by atoms with van der Waals surface area (Å²) >= 11 is 1.29. The van der Waals surface area contributed by atoms with Crippen LogP contribution in [-0.4, -0.2) is 49.8 Å². The number of thiazole rings is 1. The van der Waals surface area contributed by atoms with E-state index in [1.54, 1.807) is 20.8 Å². The number of nitrogens with one attached hydrogen (secondary N) is 2. The fourth-order valence-corrected chi connectivity index (χ4v) is 2.93. The lowest BCUT2D eigenvalue weighted by molar-refractivity contribution is 0.0526. The molecule has 0 aliphatic rings. The van der Waals surface area contributed by atoms with Crippen LogP contribution in [0.15, 0.2) is 29.6 Å². The molecule has 7 nitrogen and oxygen atoms in total. The molecular weight excluding hydrogens is 364 g/mol. The minimum Gasteiger partial charge on any atom is -0.444 e. The number of hydrogen-bond donors (Lipinski definition) is 2. The molecule has 0 spiro atoms. The van der Waals surface area contributed by atoms with E-state index in [1.807, 2.05) is 48.6 Å². The van der Waals surface area contributed by atoms with Gasteiger partial charge in [0, 0.05) is 43.8 Å². The molecule has 0 atom stereocenters. The molecule has 2 aromatic rings. The summed E-state index contributed by atoms with van der Waals surface area (Å²) in [5.74, 6) is -0.263. The maximum Gasteiger partial charge on any atom is 0.407 e. The Morgan fingerprint density at radius 2 is 1.89 bits per heavy atom. The predicted octanol–water partition coefficient (Wildman–Crippen LogP) is 3.13. The third kappa shape index (κ3) is 6.56. The van der Waals surface area contributed by atoms with Crippen molar-refractivity contribution in [1.29, 1.82) is 0 Å². The van der Waals surface area contributed by atoms with Gasteiger partial charge >= 0.3 is 6.09 Å². The van der Waals surface area contributed by atoms with Crippen LogP contribution in [0.25, 0.3) is 11.3 Å². The Morgan fingerprint density at radius 3 is 2.56 bits per heavy atom. The fourth-order valence-electron chi connectivity index (χ4n) is 2.18. The quantitative estimate of drug-likeness (QED) is 0.741. The van der Waals surface area contributed by atoms with Gasteiger partial charge in [0.05, 0.1) is 5.69 Å². The van der Waals surface area contributed by atoms with Crippen LogP contribution in [0.1, 0.15) is 30.6 Å². The van der Waals surface area contributed by atoms with E-state index in [0.717, 1.165) is 16.9 Å². The minimum absolute atomic E-state index is 0.263. The molecule has 0 fully saturated rings. The molecule has 27 heavy (non-hydrogen) atoms. The fraction of sp³-hybridized carbons (Fsp3) is 0.421. The summed E-state index contributed by atoms with van der Waals surface area (Å²) in [6.45, 7) is 5.96. The molecule has 2 amide bonds. The minimum atomic E-state index is -0.547. The van der Waals surface area contributed by atoms with E-state index in [4.69, 9.17) is 4.74 Å². The molecule has 2 rings (SSSR count). The summed E-state index contributed by atoms with van der Waals surface area (Å²) in [6.07, 6.45) is -0.506. The van der Waals surface area contributed by atoms with E-state index in [9.17, 15) is 9.59 Å². The highest BCUT2D eigenvalue weighted by Crippen LogP contribution is 2.25. The van der Waals surface area contributed by atoms with E-state index >= 15 is 0 Å². The highest BCUT2D eigenvalue weighted by atomic mass is 32.1. The Morgan fingerprint density at radius 1 is 1.19 bits per heavy atom. The molecule has 1 aromatic heterocycles. The molecule has 0 saturated heterocycles. The second kappa shape index (κ2) is 8.85. The number of nitrogens with zero attached hydrogens (tertiary/aromatic N) is 2. The smallest absolute Gasteiger partial charge is 0.407 e. The van der Waals surface area contributed by atoms with E-state index in [1.165, 1.54) is 11.3 Å². The van der Waals surface area contributed by atoms with Gasteiger partial charge in [-0.1, -0.05) is 12.1 Å². The standard InChI is InChI=1S/C19H26N4O3S/c1-19(2,3)26-18(25)21-10-9-20-16(24)17-22-15(12-27-17)13-7-6-8-14(11-13)23(4)5/h6-8,11-12H,9-10H2,1-5H3,(H,20,24)(H,21,25). The summed E-state index contributed by atoms with van der Waals surface area (Å²) in [6, 6.07) is 7.98. The van der Waals surface area contributed by atoms with Gasteiger partial charge in [-0.25, -0.2) is 9.78 Å². The van der Waals surface area contributed by atoms with Gasteiger partial charge in [-0.3, -0.25) is 4.79 Å². The summed E-state index contributed by atoms with van der Waals surface area (Å²) in [4.78, 5) is 30.2. The van der Waals surface area contributed by atoms with Crippen molar-refractivity contribution in [2.45, 2.75) is 26.4 Å². The molecule has 0 bridgehead atoms. The van der Waals surface area contributed by atoms with Crippen LogP contribution in [0, 0.1) is 0 Å². The first-order valence-corrected chi connectivity index (χ1v) is 9.52. The number of carbonyl (C=O) groups is 2. The van der Waals surface area contributed by atoms with Gasteiger partial charge in [-0.2, -0.15) is 0 Å². The first-order chi connectivity index (χ1) is 12.7. The van der Waals surface area contributed by atoms with Crippen molar-refractivity contribution in [3.8, 4) is 11.3 Å². The third-order valence-corrected chi connectivity index (χ3v) is 4.28. The number of rotatable bonds is 6. The summed E-state index contributed by atoms with van der Waals surface area (Å²) in [5.41, 5.74) is 2.25. The third-order valence-electron chi connectivity index (χ3n) is 3.44. The van der Waals surface area contributed by atoms with Crippen molar-refractivity contribution in [2.75, 3.05) is 32.1 Å². The number of benzene rings is 1. The molecule has 0 aliphatic heterocycles. The second-order valence-electron chi connectivity index (χ2n) is 7.17. The lowest BCUT2D eigenvalue weighted by Gasteiger charge is -2.19. The normalized spacial score (nSPS) is 11.0. The average molecular weight is 391 g/mol. The number of aromatic nitrogens is 1.